The standard InChI is InChI=1S/C25H25N3O2/c29-25(28-16-19-7-3-1-4-8-19)26-14-13-21-17-27-24-15-22(11-12-23(21)24)30-18-20-9-5-2-6-10-20/h1-12,15,17,27H,13-14,16,18H2,(H2,26,28,29). The van der Waals surface area contributed by atoms with Crippen LogP contribution in [0.2, 0.25) is 0 Å². The van der Waals surface area contributed by atoms with Crippen LogP contribution in [-0.4, -0.2) is 17.6 Å². The summed E-state index contributed by atoms with van der Waals surface area (Å²) in [5, 5.41) is 6.94. The molecule has 0 saturated carbocycles. The highest BCUT2D eigenvalue weighted by atomic mass is 16.5. The normalized spacial score (nSPS) is 10.7. The van der Waals surface area contributed by atoms with Crippen LogP contribution in [0.25, 0.3) is 10.9 Å². The Bertz CT molecular complexity index is 1090. The van der Waals surface area contributed by atoms with Crippen molar-refractivity contribution in [3.8, 4) is 5.75 Å². The molecule has 0 aliphatic carbocycles. The number of hydrogen-bond acceptors (Lipinski definition) is 2. The second-order valence-corrected chi connectivity index (χ2v) is 7.14. The summed E-state index contributed by atoms with van der Waals surface area (Å²) in [6.45, 7) is 1.63. The molecule has 0 bridgehead atoms. The molecule has 4 aromatic rings. The molecule has 152 valence electrons. The zero-order valence-corrected chi connectivity index (χ0v) is 16.7. The van der Waals surface area contributed by atoms with Crippen LogP contribution in [0.4, 0.5) is 4.79 Å². The number of aromatic nitrogens is 1. The Hall–Kier alpha value is -3.73. The van der Waals surface area contributed by atoms with Crippen molar-refractivity contribution in [3.63, 3.8) is 0 Å². The van der Waals surface area contributed by atoms with Crippen molar-refractivity contribution in [3.05, 3.63) is 102 Å². The SMILES string of the molecule is O=C(NCCc1c[nH]c2cc(OCc3ccccc3)ccc12)NCc1ccccc1. The minimum Gasteiger partial charge on any atom is -0.489 e. The minimum atomic E-state index is -0.157. The van der Waals surface area contributed by atoms with Crippen molar-refractivity contribution in [1.82, 2.24) is 15.6 Å². The molecule has 1 aromatic heterocycles. The molecular weight excluding hydrogens is 374 g/mol. The molecule has 2 amide bonds. The molecule has 0 aliphatic rings. The maximum Gasteiger partial charge on any atom is 0.315 e. The maximum atomic E-state index is 12.0. The Morgan fingerprint density at radius 1 is 0.867 bits per heavy atom. The molecule has 0 atom stereocenters. The van der Waals surface area contributed by atoms with Gasteiger partial charge in [-0.15, -0.1) is 0 Å². The summed E-state index contributed by atoms with van der Waals surface area (Å²) in [6.07, 6.45) is 2.75. The van der Waals surface area contributed by atoms with E-state index in [1.165, 1.54) is 5.56 Å². The van der Waals surface area contributed by atoms with E-state index in [2.05, 4.69) is 21.7 Å². The lowest BCUT2D eigenvalue weighted by Crippen LogP contribution is -2.36. The van der Waals surface area contributed by atoms with Gasteiger partial charge in [0.1, 0.15) is 12.4 Å². The average molecular weight is 399 g/mol. The summed E-state index contributed by atoms with van der Waals surface area (Å²) in [5.41, 5.74) is 4.42. The second kappa shape index (κ2) is 9.65. The molecule has 0 unspecified atom stereocenters. The summed E-state index contributed by atoms with van der Waals surface area (Å²) < 4.78 is 5.90. The zero-order valence-electron chi connectivity index (χ0n) is 16.7. The molecule has 5 heteroatoms. The minimum absolute atomic E-state index is 0.157. The number of carbonyl (C=O) groups excluding carboxylic acids is 1. The number of nitrogens with one attached hydrogen (secondary N) is 3. The Balaban J connectivity index is 1.27. The van der Waals surface area contributed by atoms with Gasteiger partial charge in [-0.25, -0.2) is 4.79 Å². The molecule has 1 heterocycles. The first-order valence-corrected chi connectivity index (χ1v) is 10.1. The van der Waals surface area contributed by atoms with Gasteiger partial charge in [0.15, 0.2) is 0 Å². The van der Waals surface area contributed by atoms with E-state index in [-0.39, 0.29) is 6.03 Å². The van der Waals surface area contributed by atoms with Gasteiger partial charge in [-0.05, 0) is 35.2 Å². The number of hydrogen-bond donors (Lipinski definition) is 3. The summed E-state index contributed by atoms with van der Waals surface area (Å²) in [5.74, 6) is 0.832. The fourth-order valence-corrected chi connectivity index (χ4v) is 3.35. The highest BCUT2D eigenvalue weighted by Gasteiger charge is 2.07. The van der Waals surface area contributed by atoms with E-state index in [1.807, 2.05) is 79.0 Å². The maximum absolute atomic E-state index is 12.0. The predicted molar refractivity (Wildman–Crippen MR) is 119 cm³/mol. The van der Waals surface area contributed by atoms with Crippen LogP contribution in [-0.2, 0) is 19.6 Å². The van der Waals surface area contributed by atoms with E-state index in [0.717, 1.165) is 34.2 Å². The number of benzene rings is 3. The van der Waals surface area contributed by atoms with Crippen LogP contribution in [0.1, 0.15) is 16.7 Å². The largest absolute Gasteiger partial charge is 0.489 e. The van der Waals surface area contributed by atoms with Crippen LogP contribution in [0.15, 0.2) is 85.1 Å². The molecule has 4 rings (SSSR count). The molecule has 0 fully saturated rings. The second-order valence-electron chi connectivity index (χ2n) is 7.14. The van der Waals surface area contributed by atoms with E-state index in [1.54, 1.807) is 0 Å². The number of rotatable bonds is 8. The van der Waals surface area contributed by atoms with Crippen LogP contribution < -0.4 is 15.4 Å². The molecule has 3 N–H and O–H groups in total. The molecule has 0 radical (unpaired) electrons. The van der Waals surface area contributed by atoms with Gasteiger partial charge in [0, 0.05) is 36.3 Å². The van der Waals surface area contributed by atoms with Crippen molar-refractivity contribution in [2.75, 3.05) is 6.54 Å². The van der Waals surface area contributed by atoms with E-state index < -0.39 is 0 Å². The highest BCUT2D eigenvalue weighted by molar-refractivity contribution is 5.84. The Morgan fingerprint density at radius 2 is 1.60 bits per heavy atom. The van der Waals surface area contributed by atoms with Crippen LogP contribution >= 0.6 is 0 Å². The van der Waals surface area contributed by atoms with Gasteiger partial charge in [0.05, 0.1) is 0 Å². The van der Waals surface area contributed by atoms with E-state index in [4.69, 9.17) is 4.74 Å². The number of amides is 2. The van der Waals surface area contributed by atoms with Crippen molar-refractivity contribution >= 4 is 16.9 Å². The van der Waals surface area contributed by atoms with Gasteiger partial charge in [0.2, 0.25) is 0 Å². The van der Waals surface area contributed by atoms with Crippen molar-refractivity contribution in [2.45, 2.75) is 19.6 Å². The van der Waals surface area contributed by atoms with Crippen molar-refractivity contribution < 1.29 is 9.53 Å². The Labute approximate surface area is 176 Å². The number of ether oxygens (including phenoxy) is 1. The van der Waals surface area contributed by atoms with E-state index >= 15 is 0 Å². The molecule has 3 aromatic carbocycles. The summed E-state index contributed by atoms with van der Waals surface area (Å²) in [7, 11) is 0. The van der Waals surface area contributed by atoms with Crippen LogP contribution in [0, 0.1) is 0 Å². The molecule has 0 spiro atoms. The lowest BCUT2D eigenvalue weighted by atomic mass is 10.1. The molecular formula is C25H25N3O2. The quantitative estimate of drug-likeness (QED) is 0.399. The van der Waals surface area contributed by atoms with Crippen molar-refractivity contribution in [1.29, 1.82) is 0 Å². The number of fused-ring (bicyclic) bond motifs is 1. The Morgan fingerprint density at radius 3 is 2.37 bits per heavy atom. The summed E-state index contributed by atoms with van der Waals surface area (Å²) in [6, 6.07) is 25.9. The first kappa shape index (κ1) is 19.6. The third kappa shape index (κ3) is 5.20. The van der Waals surface area contributed by atoms with Gasteiger partial charge in [-0.1, -0.05) is 60.7 Å². The lowest BCUT2D eigenvalue weighted by Gasteiger charge is -2.08. The van der Waals surface area contributed by atoms with Gasteiger partial charge >= 0.3 is 6.03 Å². The summed E-state index contributed by atoms with van der Waals surface area (Å²) >= 11 is 0. The first-order valence-electron chi connectivity index (χ1n) is 10.1. The van der Waals surface area contributed by atoms with Gasteiger partial charge in [-0.2, -0.15) is 0 Å². The average Bonchev–Trinajstić information content (AvgIpc) is 3.20. The molecule has 30 heavy (non-hydrogen) atoms. The van der Waals surface area contributed by atoms with Crippen LogP contribution in [0.3, 0.4) is 0 Å². The lowest BCUT2D eigenvalue weighted by molar-refractivity contribution is 0.240. The molecule has 0 saturated heterocycles. The number of aromatic amines is 1. The van der Waals surface area contributed by atoms with Gasteiger partial charge < -0.3 is 20.4 Å². The number of carbonyl (C=O) groups is 1. The number of urea groups is 1. The number of H-pyrrole nitrogens is 1. The highest BCUT2D eigenvalue weighted by Crippen LogP contribution is 2.24. The fourth-order valence-electron chi connectivity index (χ4n) is 3.35. The third-order valence-corrected chi connectivity index (χ3v) is 4.96. The Kier molecular flexibility index (Phi) is 6.30. The van der Waals surface area contributed by atoms with Gasteiger partial charge in [0.25, 0.3) is 0 Å². The predicted octanol–water partition coefficient (Wildman–Crippen LogP) is 4.79. The van der Waals surface area contributed by atoms with Gasteiger partial charge in [-0.3, -0.25) is 0 Å². The molecule has 5 nitrogen and oxygen atoms in total. The monoisotopic (exact) mass is 399 g/mol. The van der Waals surface area contributed by atoms with E-state index in [9.17, 15) is 4.79 Å². The fraction of sp³-hybridized carbons (Fsp3) is 0.160. The zero-order chi connectivity index (χ0) is 20.6. The topological polar surface area (TPSA) is 66.2 Å². The molecule has 0 aliphatic heterocycles. The first-order chi connectivity index (χ1) is 14.8. The third-order valence-electron chi connectivity index (χ3n) is 4.96. The van der Waals surface area contributed by atoms with Crippen molar-refractivity contribution in [2.24, 2.45) is 0 Å². The van der Waals surface area contributed by atoms with Crippen LogP contribution in [0.5, 0.6) is 5.75 Å². The smallest absolute Gasteiger partial charge is 0.315 e. The van der Waals surface area contributed by atoms with E-state index in [0.29, 0.717) is 19.7 Å². The summed E-state index contributed by atoms with van der Waals surface area (Å²) in [4.78, 5) is 15.3.